The number of hydrogen-bond donors (Lipinski definition) is 0. The molecule has 1 fully saturated rings. The average Bonchev–Trinajstić information content (AvgIpc) is 3.56. The third-order valence-electron chi connectivity index (χ3n) is 6.44. The van der Waals surface area contributed by atoms with Gasteiger partial charge < -0.3 is 4.74 Å². The lowest BCUT2D eigenvalue weighted by molar-refractivity contribution is -0.121. The maximum absolute atomic E-state index is 14.1. The van der Waals surface area contributed by atoms with Crippen LogP contribution in [0.5, 0.6) is 5.75 Å². The minimum absolute atomic E-state index is 0.147. The summed E-state index contributed by atoms with van der Waals surface area (Å²) in [5, 5.41) is 0.571. The molecule has 1 atom stereocenters. The molecule has 4 aromatic rings. The molecule has 1 unspecified atom stereocenters. The number of benzene rings is 3. The van der Waals surface area contributed by atoms with Crippen molar-refractivity contribution in [2.45, 2.75) is 37.2 Å². The zero-order valence-corrected chi connectivity index (χ0v) is 21.8. The molecule has 0 saturated carbocycles. The Labute approximate surface area is 215 Å². The van der Waals surface area contributed by atoms with E-state index >= 15 is 0 Å². The number of carbonyl (C=O) groups is 1. The Morgan fingerprint density at radius 3 is 2.53 bits per heavy atom. The molecule has 9 heteroatoms. The van der Waals surface area contributed by atoms with Gasteiger partial charge in [-0.1, -0.05) is 53.8 Å². The standard InChI is InChI=1S/C27H27N3O4S2/c1-19-8-6-12-24-25(19)28-27(35-24)29(18-20-9-4-3-5-10-20)26(31)23-11-7-17-30(23)36(32,33)22-15-13-21(34-2)14-16-22/h3-6,8-10,12-16,23H,7,11,17-18H2,1-2H3. The number of rotatable bonds is 7. The van der Waals surface area contributed by atoms with Gasteiger partial charge in [-0.2, -0.15) is 4.31 Å². The highest BCUT2D eigenvalue weighted by Crippen LogP contribution is 2.34. The van der Waals surface area contributed by atoms with Gasteiger partial charge in [-0.15, -0.1) is 0 Å². The number of aryl methyl sites for hydroxylation is 1. The van der Waals surface area contributed by atoms with E-state index in [1.54, 1.807) is 17.0 Å². The van der Waals surface area contributed by atoms with Crippen LogP contribution in [0.25, 0.3) is 10.2 Å². The predicted molar refractivity (Wildman–Crippen MR) is 142 cm³/mol. The number of sulfonamides is 1. The van der Waals surface area contributed by atoms with Crippen molar-refractivity contribution in [3.8, 4) is 5.75 Å². The summed E-state index contributed by atoms with van der Waals surface area (Å²) in [6, 6.07) is 21.1. The van der Waals surface area contributed by atoms with Gasteiger partial charge in [0.2, 0.25) is 15.9 Å². The maximum atomic E-state index is 14.1. The molecular weight excluding hydrogens is 494 g/mol. The summed E-state index contributed by atoms with van der Waals surface area (Å²) in [6.07, 6.45) is 1.08. The highest BCUT2D eigenvalue weighted by molar-refractivity contribution is 7.89. The van der Waals surface area contributed by atoms with Crippen LogP contribution in [0.2, 0.25) is 0 Å². The van der Waals surface area contributed by atoms with E-state index in [1.165, 1.54) is 34.9 Å². The molecule has 1 saturated heterocycles. The molecule has 1 amide bonds. The molecule has 5 rings (SSSR count). The number of thiazole rings is 1. The summed E-state index contributed by atoms with van der Waals surface area (Å²) in [6.45, 7) is 2.60. The first kappa shape index (κ1) is 24.4. The molecule has 186 valence electrons. The number of ether oxygens (including phenoxy) is 1. The fourth-order valence-corrected chi connectivity index (χ4v) is 7.23. The number of fused-ring (bicyclic) bond motifs is 1. The van der Waals surface area contributed by atoms with Crippen LogP contribution in [0.1, 0.15) is 24.0 Å². The van der Waals surface area contributed by atoms with Crippen molar-refractivity contribution in [3.63, 3.8) is 0 Å². The van der Waals surface area contributed by atoms with Crippen LogP contribution in [0.15, 0.2) is 77.7 Å². The first-order valence-corrected chi connectivity index (χ1v) is 14.0. The summed E-state index contributed by atoms with van der Waals surface area (Å²) in [4.78, 5) is 20.7. The van der Waals surface area contributed by atoms with Gasteiger partial charge in [0.15, 0.2) is 5.13 Å². The van der Waals surface area contributed by atoms with Gasteiger partial charge >= 0.3 is 0 Å². The molecule has 7 nitrogen and oxygen atoms in total. The molecular formula is C27H27N3O4S2. The molecule has 0 bridgehead atoms. The van der Waals surface area contributed by atoms with Crippen LogP contribution < -0.4 is 9.64 Å². The van der Waals surface area contributed by atoms with E-state index in [2.05, 4.69) is 0 Å². The van der Waals surface area contributed by atoms with Crippen LogP contribution in [0.4, 0.5) is 5.13 Å². The summed E-state index contributed by atoms with van der Waals surface area (Å²) < 4.78 is 34.6. The summed E-state index contributed by atoms with van der Waals surface area (Å²) >= 11 is 1.45. The van der Waals surface area contributed by atoms with Gasteiger partial charge in [-0.3, -0.25) is 9.69 Å². The average molecular weight is 522 g/mol. The van der Waals surface area contributed by atoms with Crippen LogP contribution in [-0.4, -0.2) is 43.3 Å². The Morgan fingerprint density at radius 2 is 1.83 bits per heavy atom. The summed E-state index contributed by atoms with van der Waals surface area (Å²) in [7, 11) is -2.33. The van der Waals surface area contributed by atoms with Crippen LogP contribution in [-0.2, 0) is 21.4 Å². The van der Waals surface area contributed by atoms with E-state index in [9.17, 15) is 13.2 Å². The monoisotopic (exact) mass is 521 g/mol. The first-order valence-electron chi connectivity index (χ1n) is 11.8. The number of anilines is 1. The number of carbonyl (C=O) groups excluding carboxylic acids is 1. The Morgan fingerprint density at radius 1 is 1.08 bits per heavy atom. The van der Waals surface area contributed by atoms with Crippen LogP contribution in [0.3, 0.4) is 0 Å². The zero-order chi connectivity index (χ0) is 25.3. The van der Waals surface area contributed by atoms with Gasteiger partial charge in [0.25, 0.3) is 0 Å². The van der Waals surface area contributed by atoms with Gasteiger partial charge in [0.1, 0.15) is 11.8 Å². The quantitative estimate of drug-likeness (QED) is 0.342. The lowest BCUT2D eigenvalue weighted by Crippen LogP contribution is -2.47. The summed E-state index contributed by atoms with van der Waals surface area (Å²) in [5.41, 5.74) is 2.84. The van der Waals surface area contributed by atoms with Crippen LogP contribution in [0, 0.1) is 6.92 Å². The lowest BCUT2D eigenvalue weighted by Gasteiger charge is -2.28. The van der Waals surface area contributed by atoms with E-state index in [1.807, 2.05) is 55.5 Å². The third-order valence-corrected chi connectivity index (χ3v) is 9.41. The normalized spacial score (nSPS) is 16.3. The molecule has 2 heterocycles. The number of nitrogens with zero attached hydrogens (tertiary/aromatic N) is 3. The van der Waals surface area contributed by atoms with Gasteiger partial charge in [0, 0.05) is 6.54 Å². The second-order valence-electron chi connectivity index (χ2n) is 8.78. The second kappa shape index (κ2) is 10.0. The molecule has 0 aliphatic carbocycles. The molecule has 1 aliphatic heterocycles. The van der Waals surface area contributed by atoms with E-state index in [0.29, 0.717) is 36.8 Å². The van der Waals surface area contributed by atoms with Crippen molar-refractivity contribution >= 4 is 42.6 Å². The Balaban J connectivity index is 1.51. The number of aromatic nitrogens is 1. The van der Waals surface area contributed by atoms with E-state index in [-0.39, 0.29) is 10.8 Å². The van der Waals surface area contributed by atoms with Crippen molar-refractivity contribution in [1.29, 1.82) is 0 Å². The fourth-order valence-electron chi connectivity index (χ4n) is 4.53. The minimum atomic E-state index is -3.86. The molecule has 36 heavy (non-hydrogen) atoms. The van der Waals surface area contributed by atoms with Crippen molar-refractivity contribution in [3.05, 3.63) is 83.9 Å². The minimum Gasteiger partial charge on any atom is -0.497 e. The number of para-hydroxylation sites is 1. The summed E-state index contributed by atoms with van der Waals surface area (Å²) in [5.74, 6) is 0.313. The topological polar surface area (TPSA) is 79.8 Å². The van der Waals surface area contributed by atoms with Crippen molar-refractivity contribution in [1.82, 2.24) is 9.29 Å². The Kier molecular flexibility index (Phi) is 6.79. The van der Waals surface area contributed by atoms with Crippen LogP contribution >= 0.6 is 11.3 Å². The number of amides is 1. The van der Waals surface area contributed by atoms with E-state index in [0.717, 1.165) is 21.3 Å². The zero-order valence-electron chi connectivity index (χ0n) is 20.1. The molecule has 0 spiro atoms. The van der Waals surface area contributed by atoms with E-state index in [4.69, 9.17) is 9.72 Å². The Bertz CT molecular complexity index is 1480. The molecule has 0 radical (unpaired) electrons. The van der Waals surface area contributed by atoms with E-state index < -0.39 is 16.1 Å². The van der Waals surface area contributed by atoms with Gasteiger partial charge in [-0.25, -0.2) is 13.4 Å². The number of hydrogen-bond acceptors (Lipinski definition) is 6. The van der Waals surface area contributed by atoms with Crippen molar-refractivity contribution in [2.24, 2.45) is 0 Å². The number of methoxy groups -OCH3 is 1. The second-order valence-corrected chi connectivity index (χ2v) is 11.7. The van der Waals surface area contributed by atoms with Crippen molar-refractivity contribution in [2.75, 3.05) is 18.6 Å². The Hall–Kier alpha value is -3.27. The molecule has 1 aliphatic rings. The van der Waals surface area contributed by atoms with Crippen molar-refractivity contribution < 1.29 is 17.9 Å². The maximum Gasteiger partial charge on any atom is 0.247 e. The largest absolute Gasteiger partial charge is 0.497 e. The molecule has 0 N–H and O–H groups in total. The fraction of sp³-hybridized carbons (Fsp3) is 0.259. The van der Waals surface area contributed by atoms with Gasteiger partial charge in [-0.05, 0) is 61.2 Å². The molecule has 3 aromatic carbocycles. The highest BCUT2D eigenvalue weighted by Gasteiger charge is 2.42. The lowest BCUT2D eigenvalue weighted by atomic mass is 10.1. The molecule has 1 aromatic heterocycles. The smallest absolute Gasteiger partial charge is 0.247 e. The van der Waals surface area contributed by atoms with Gasteiger partial charge in [0.05, 0.1) is 28.8 Å². The third kappa shape index (κ3) is 4.61. The first-order chi connectivity index (χ1) is 17.4. The highest BCUT2D eigenvalue weighted by atomic mass is 32.2. The predicted octanol–water partition coefficient (Wildman–Crippen LogP) is 5.00. The SMILES string of the molecule is COc1ccc(S(=O)(=O)N2CCCC2C(=O)N(Cc2ccccc2)c2nc3c(C)cccc3s2)cc1.